The maximum Gasteiger partial charge on any atom is 0.472 e. The van der Waals surface area contributed by atoms with E-state index in [2.05, 4.69) is 6.92 Å². The van der Waals surface area contributed by atoms with Gasteiger partial charge in [-0.2, -0.15) is 0 Å². The molecule has 0 aliphatic heterocycles. The summed E-state index contributed by atoms with van der Waals surface area (Å²) < 4.78 is 32.6. The Morgan fingerprint density at radius 2 is 1.52 bits per heavy atom. The molecule has 31 heavy (non-hydrogen) atoms. The van der Waals surface area contributed by atoms with Gasteiger partial charge < -0.3 is 18.9 Å². The van der Waals surface area contributed by atoms with Gasteiger partial charge in [-0.25, -0.2) is 4.57 Å². The molecule has 0 aliphatic rings. The van der Waals surface area contributed by atoms with Crippen LogP contribution in [0.4, 0.5) is 0 Å². The number of hydrogen-bond acceptors (Lipinski definition) is 7. The highest BCUT2D eigenvalue weighted by molar-refractivity contribution is 7.47. The van der Waals surface area contributed by atoms with Gasteiger partial charge in [-0.05, 0) is 6.42 Å². The highest BCUT2D eigenvalue weighted by atomic mass is 31.2. The lowest BCUT2D eigenvalue weighted by molar-refractivity contribution is -0.870. The van der Waals surface area contributed by atoms with Gasteiger partial charge in [0.05, 0.1) is 27.7 Å². The molecule has 0 aromatic rings. The second-order valence-electron chi connectivity index (χ2n) is 8.75. The predicted molar refractivity (Wildman–Crippen MR) is 118 cm³/mol. The Morgan fingerprint density at radius 1 is 0.935 bits per heavy atom. The zero-order valence-corrected chi connectivity index (χ0v) is 20.9. The van der Waals surface area contributed by atoms with E-state index in [1.165, 1.54) is 32.6 Å². The molecule has 0 bridgehead atoms. The van der Waals surface area contributed by atoms with Crippen LogP contribution in [0.25, 0.3) is 0 Å². The summed E-state index contributed by atoms with van der Waals surface area (Å²) in [6.07, 6.45) is 8.11. The molecule has 0 spiro atoms. The summed E-state index contributed by atoms with van der Waals surface area (Å²) in [5.41, 5.74) is 0. The molecule has 184 valence electrons. The normalized spacial score (nSPS) is 14.6. The summed E-state index contributed by atoms with van der Waals surface area (Å²) >= 11 is 0. The molecule has 9 nitrogen and oxygen atoms in total. The van der Waals surface area contributed by atoms with E-state index in [0.29, 0.717) is 17.4 Å². The van der Waals surface area contributed by atoms with Crippen LogP contribution < -0.4 is 0 Å². The van der Waals surface area contributed by atoms with Gasteiger partial charge >= 0.3 is 19.8 Å². The number of quaternary nitrogens is 1. The summed E-state index contributed by atoms with van der Waals surface area (Å²) in [5, 5.41) is 0. The van der Waals surface area contributed by atoms with Crippen LogP contribution in [0.5, 0.6) is 0 Å². The average molecular weight is 469 g/mol. The van der Waals surface area contributed by atoms with Gasteiger partial charge in [0.15, 0.2) is 6.10 Å². The largest absolute Gasteiger partial charge is 0.472 e. The highest BCUT2D eigenvalue weighted by Crippen LogP contribution is 2.43. The van der Waals surface area contributed by atoms with Crippen LogP contribution in [0.15, 0.2) is 0 Å². The molecule has 0 heterocycles. The van der Waals surface area contributed by atoms with Crippen LogP contribution in [-0.4, -0.2) is 74.9 Å². The van der Waals surface area contributed by atoms with Crippen LogP contribution in [0.3, 0.4) is 0 Å². The van der Waals surface area contributed by atoms with Gasteiger partial charge in [-0.3, -0.25) is 18.6 Å². The number of esters is 2. The molecule has 10 heteroatoms. The van der Waals surface area contributed by atoms with Crippen molar-refractivity contribution in [1.29, 1.82) is 0 Å². The van der Waals surface area contributed by atoms with E-state index in [1.807, 2.05) is 21.1 Å². The fraction of sp³-hybridized carbons (Fsp3) is 0.905. The standard InChI is InChI=1S/C21H42NO8P/c1-6-7-8-9-10-11-12-13-14-21(24)30-20(17-27-19(2)23)18-29-31(25,26)28-16-15-22(3,4)5/h20H,6-18H2,1-5H3/p+1. The van der Waals surface area contributed by atoms with E-state index >= 15 is 0 Å². The fourth-order valence-corrected chi connectivity index (χ4v) is 3.36. The molecule has 2 unspecified atom stereocenters. The number of phosphoric ester groups is 1. The lowest BCUT2D eigenvalue weighted by Gasteiger charge is -2.24. The van der Waals surface area contributed by atoms with Gasteiger partial charge in [0, 0.05) is 13.3 Å². The van der Waals surface area contributed by atoms with E-state index in [4.69, 9.17) is 18.5 Å². The molecule has 0 aromatic carbocycles. The molecule has 0 amide bonds. The number of unbranched alkanes of at least 4 members (excludes halogenated alkanes) is 7. The predicted octanol–water partition coefficient (Wildman–Crippen LogP) is 3.83. The Labute approximate surface area is 187 Å². The third-order valence-corrected chi connectivity index (χ3v) is 5.43. The molecule has 0 saturated carbocycles. The molecular formula is C21H43NO8P+. The number of likely N-dealkylation sites (N-methyl/N-ethyl adjacent to an activating group) is 1. The third-order valence-electron chi connectivity index (χ3n) is 4.45. The Kier molecular flexibility index (Phi) is 16.1. The summed E-state index contributed by atoms with van der Waals surface area (Å²) in [4.78, 5) is 33.0. The number of carbonyl (C=O) groups excluding carboxylic acids is 2. The number of ether oxygens (including phenoxy) is 2. The van der Waals surface area contributed by atoms with Crippen molar-refractivity contribution >= 4 is 19.8 Å². The van der Waals surface area contributed by atoms with Crippen LogP contribution in [0, 0.1) is 0 Å². The first-order chi connectivity index (χ1) is 14.4. The van der Waals surface area contributed by atoms with Crippen molar-refractivity contribution < 1.29 is 42.1 Å². The molecule has 0 saturated heterocycles. The van der Waals surface area contributed by atoms with Crippen molar-refractivity contribution in [3.05, 3.63) is 0 Å². The van der Waals surface area contributed by atoms with Gasteiger partial charge in [0.1, 0.15) is 19.8 Å². The van der Waals surface area contributed by atoms with Crippen LogP contribution >= 0.6 is 7.82 Å². The molecule has 0 fully saturated rings. The van der Waals surface area contributed by atoms with E-state index < -0.39 is 32.5 Å². The second-order valence-corrected chi connectivity index (χ2v) is 10.2. The van der Waals surface area contributed by atoms with Gasteiger partial charge in [-0.15, -0.1) is 0 Å². The van der Waals surface area contributed by atoms with E-state index in [-0.39, 0.29) is 19.6 Å². The molecule has 0 radical (unpaired) electrons. The quantitative estimate of drug-likeness (QED) is 0.132. The zero-order chi connectivity index (χ0) is 23.8. The molecular weight excluding hydrogens is 425 g/mol. The summed E-state index contributed by atoms with van der Waals surface area (Å²) in [6, 6.07) is 0. The topological polar surface area (TPSA) is 108 Å². The first kappa shape index (κ1) is 30.0. The maximum absolute atomic E-state index is 12.1. The maximum atomic E-state index is 12.1. The zero-order valence-electron chi connectivity index (χ0n) is 20.0. The molecule has 2 atom stereocenters. The minimum absolute atomic E-state index is 0.0319. The van der Waals surface area contributed by atoms with Gasteiger partial charge in [0.25, 0.3) is 0 Å². The lowest BCUT2D eigenvalue weighted by atomic mass is 10.1. The lowest BCUT2D eigenvalue weighted by Crippen LogP contribution is -2.37. The van der Waals surface area contributed by atoms with Crippen LogP contribution in [-0.2, 0) is 32.7 Å². The molecule has 0 rings (SSSR count). The fourth-order valence-electron chi connectivity index (χ4n) is 2.62. The Balaban J connectivity index is 4.31. The number of rotatable bonds is 19. The third kappa shape index (κ3) is 20.7. The van der Waals surface area contributed by atoms with Crippen molar-refractivity contribution in [2.24, 2.45) is 0 Å². The molecule has 1 N–H and O–H groups in total. The second kappa shape index (κ2) is 16.6. The Bertz CT molecular complexity index is 550. The first-order valence-electron chi connectivity index (χ1n) is 11.2. The van der Waals surface area contributed by atoms with Crippen molar-refractivity contribution in [3.63, 3.8) is 0 Å². The average Bonchev–Trinajstić information content (AvgIpc) is 2.64. The minimum Gasteiger partial charge on any atom is -0.462 e. The smallest absolute Gasteiger partial charge is 0.462 e. The minimum atomic E-state index is -4.31. The van der Waals surface area contributed by atoms with Crippen LogP contribution in [0.2, 0.25) is 0 Å². The van der Waals surface area contributed by atoms with E-state index in [9.17, 15) is 19.0 Å². The van der Waals surface area contributed by atoms with Gasteiger partial charge in [-0.1, -0.05) is 51.9 Å². The highest BCUT2D eigenvalue weighted by Gasteiger charge is 2.26. The van der Waals surface area contributed by atoms with Crippen LogP contribution in [0.1, 0.15) is 71.6 Å². The van der Waals surface area contributed by atoms with Gasteiger partial charge in [0.2, 0.25) is 0 Å². The summed E-state index contributed by atoms with van der Waals surface area (Å²) in [6.45, 7) is 3.30. The van der Waals surface area contributed by atoms with Crippen molar-refractivity contribution in [2.75, 3.05) is 47.5 Å². The summed E-state index contributed by atoms with van der Waals surface area (Å²) in [7, 11) is 1.47. The SMILES string of the molecule is CCCCCCCCCCC(=O)OC(COC(C)=O)COP(=O)(O)OCC[N+](C)(C)C. The number of hydrogen-bond donors (Lipinski definition) is 1. The Morgan fingerprint density at radius 3 is 2.06 bits per heavy atom. The van der Waals surface area contributed by atoms with E-state index in [0.717, 1.165) is 19.3 Å². The van der Waals surface area contributed by atoms with Crippen molar-refractivity contribution in [3.8, 4) is 0 Å². The molecule has 0 aliphatic carbocycles. The van der Waals surface area contributed by atoms with E-state index in [1.54, 1.807) is 0 Å². The Hall–Kier alpha value is -0.990. The number of carbonyl (C=O) groups is 2. The number of nitrogens with zero attached hydrogens (tertiary/aromatic N) is 1. The molecule has 0 aromatic heterocycles. The van der Waals surface area contributed by atoms with Crippen molar-refractivity contribution in [1.82, 2.24) is 0 Å². The first-order valence-corrected chi connectivity index (χ1v) is 12.7. The van der Waals surface area contributed by atoms with Crippen molar-refractivity contribution in [2.45, 2.75) is 77.7 Å². The number of phosphoric acid groups is 1. The monoisotopic (exact) mass is 468 g/mol. The summed E-state index contributed by atoms with van der Waals surface area (Å²) in [5.74, 6) is -0.999.